The van der Waals surface area contributed by atoms with Crippen LogP contribution < -0.4 is 10.6 Å². The van der Waals surface area contributed by atoms with E-state index >= 15 is 0 Å². The van der Waals surface area contributed by atoms with Crippen LogP contribution in [0.25, 0.3) is 0 Å². The van der Waals surface area contributed by atoms with Crippen LogP contribution in [-0.2, 0) is 6.42 Å². The SMILES string of the molecule is CCCNc1ncnc(NC(C)C2CC2)c1CC. The van der Waals surface area contributed by atoms with Gasteiger partial charge < -0.3 is 10.6 Å². The van der Waals surface area contributed by atoms with E-state index in [1.807, 2.05) is 0 Å². The number of rotatable bonds is 7. The summed E-state index contributed by atoms with van der Waals surface area (Å²) in [6.07, 6.45) is 6.41. The Labute approximate surface area is 110 Å². The van der Waals surface area contributed by atoms with Gasteiger partial charge in [-0.3, -0.25) is 0 Å². The van der Waals surface area contributed by atoms with Crippen molar-refractivity contribution in [2.45, 2.75) is 52.5 Å². The lowest BCUT2D eigenvalue weighted by Crippen LogP contribution is -2.20. The zero-order valence-electron chi connectivity index (χ0n) is 11.7. The molecule has 0 radical (unpaired) electrons. The van der Waals surface area contributed by atoms with Gasteiger partial charge in [0, 0.05) is 18.2 Å². The quantitative estimate of drug-likeness (QED) is 0.778. The monoisotopic (exact) mass is 248 g/mol. The summed E-state index contributed by atoms with van der Waals surface area (Å²) in [7, 11) is 0. The molecule has 0 aliphatic heterocycles. The zero-order valence-corrected chi connectivity index (χ0v) is 11.7. The standard InChI is InChI=1S/C14H24N4/c1-4-8-15-13-12(5-2)14(17-9-16-13)18-10(3)11-6-7-11/h9-11H,4-8H2,1-3H3,(H2,15,16,17,18). The smallest absolute Gasteiger partial charge is 0.134 e. The summed E-state index contributed by atoms with van der Waals surface area (Å²) in [5.41, 5.74) is 1.21. The molecular weight excluding hydrogens is 224 g/mol. The van der Waals surface area contributed by atoms with E-state index in [1.54, 1.807) is 6.33 Å². The molecule has 1 aliphatic rings. The third-order valence-corrected chi connectivity index (χ3v) is 3.53. The van der Waals surface area contributed by atoms with Crippen molar-refractivity contribution in [3.63, 3.8) is 0 Å². The first-order valence-electron chi connectivity index (χ1n) is 7.10. The van der Waals surface area contributed by atoms with Gasteiger partial charge in [0.15, 0.2) is 0 Å². The molecule has 0 saturated heterocycles. The highest BCUT2D eigenvalue weighted by Gasteiger charge is 2.28. The number of aromatic nitrogens is 2. The van der Waals surface area contributed by atoms with Gasteiger partial charge in [-0.25, -0.2) is 9.97 Å². The Hall–Kier alpha value is -1.32. The highest BCUT2D eigenvalue weighted by atomic mass is 15.1. The molecule has 0 amide bonds. The largest absolute Gasteiger partial charge is 0.370 e. The Morgan fingerprint density at radius 2 is 2.00 bits per heavy atom. The summed E-state index contributed by atoms with van der Waals surface area (Å²) < 4.78 is 0. The van der Waals surface area contributed by atoms with E-state index in [2.05, 4.69) is 41.4 Å². The minimum atomic E-state index is 0.518. The summed E-state index contributed by atoms with van der Waals surface area (Å²) in [4.78, 5) is 8.76. The molecular formula is C14H24N4. The molecule has 4 nitrogen and oxygen atoms in total. The highest BCUT2D eigenvalue weighted by molar-refractivity contribution is 5.57. The fourth-order valence-electron chi connectivity index (χ4n) is 2.20. The van der Waals surface area contributed by atoms with Crippen molar-refractivity contribution < 1.29 is 0 Å². The van der Waals surface area contributed by atoms with E-state index in [4.69, 9.17) is 0 Å². The van der Waals surface area contributed by atoms with Crippen LogP contribution in [0.4, 0.5) is 11.6 Å². The van der Waals surface area contributed by atoms with Crippen LogP contribution in [0.15, 0.2) is 6.33 Å². The molecule has 2 rings (SSSR count). The minimum absolute atomic E-state index is 0.518. The summed E-state index contributed by atoms with van der Waals surface area (Å²) in [5.74, 6) is 2.82. The lowest BCUT2D eigenvalue weighted by molar-refractivity contribution is 0.688. The Morgan fingerprint density at radius 3 is 2.61 bits per heavy atom. The average Bonchev–Trinajstić information content (AvgIpc) is 3.20. The van der Waals surface area contributed by atoms with Crippen molar-refractivity contribution in [1.29, 1.82) is 0 Å². The van der Waals surface area contributed by atoms with Crippen LogP contribution in [0.3, 0.4) is 0 Å². The summed E-state index contributed by atoms with van der Waals surface area (Å²) in [6.45, 7) is 7.52. The van der Waals surface area contributed by atoms with Crippen molar-refractivity contribution >= 4 is 11.6 Å². The van der Waals surface area contributed by atoms with Crippen LogP contribution >= 0.6 is 0 Å². The number of nitrogens with zero attached hydrogens (tertiary/aromatic N) is 2. The lowest BCUT2D eigenvalue weighted by atomic mass is 10.1. The topological polar surface area (TPSA) is 49.8 Å². The van der Waals surface area contributed by atoms with Crippen molar-refractivity contribution in [1.82, 2.24) is 9.97 Å². The predicted molar refractivity (Wildman–Crippen MR) is 76.0 cm³/mol. The molecule has 1 aromatic heterocycles. The summed E-state index contributed by atoms with van der Waals surface area (Å²) in [5, 5.41) is 6.93. The predicted octanol–water partition coefficient (Wildman–Crippen LogP) is 3.07. The maximum Gasteiger partial charge on any atom is 0.134 e. The Balaban J connectivity index is 2.12. The van der Waals surface area contributed by atoms with Gasteiger partial charge in [-0.15, -0.1) is 0 Å². The van der Waals surface area contributed by atoms with E-state index < -0.39 is 0 Å². The summed E-state index contributed by atoms with van der Waals surface area (Å²) in [6, 6.07) is 0.518. The van der Waals surface area contributed by atoms with Gasteiger partial charge in [-0.1, -0.05) is 13.8 Å². The van der Waals surface area contributed by atoms with Gasteiger partial charge in [-0.05, 0) is 38.5 Å². The first kappa shape index (κ1) is 13.1. The molecule has 18 heavy (non-hydrogen) atoms. The first-order valence-corrected chi connectivity index (χ1v) is 7.10. The molecule has 1 aliphatic carbocycles. The van der Waals surface area contributed by atoms with Crippen molar-refractivity contribution in [3.05, 3.63) is 11.9 Å². The van der Waals surface area contributed by atoms with Gasteiger partial charge in [0.2, 0.25) is 0 Å². The minimum Gasteiger partial charge on any atom is -0.370 e. The molecule has 1 atom stereocenters. The third-order valence-electron chi connectivity index (χ3n) is 3.53. The second-order valence-corrected chi connectivity index (χ2v) is 5.10. The number of hydrogen-bond acceptors (Lipinski definition) is 4. The first-order chi connectivity index (χ1) is 8.76. The fourth-order valence-corrected chi connectivity index (χ4v) is 2.20. The number of hydrogen-bond donors (Lipinski definition) is 2. The molecule has 1 unspecified atom stereocenters. The second kappa shape index (κ2) is 6.03. The molecule has 0 aromatic carbocycles. The van der Waals surface area contributed by atoms with E-state index in [0.29, 0.717) is 6.04 Å². The number of nitrogens with one attached hydrogen (secondary N) is 2. The maximum atomic E-state index is 4.41. The Kier molecular flexibility index (Phi) is 4.39. The van der Waals surface area contributed by atoms with Crippen LogP contribution in [0.2, 0.25) is 0 Å². The normalized spacial score (nSPS) is 16.4. The van der Waals surface area contributed by atoms with Gasteiger partial charge in [0.1, 0.15) is 18.0 Å². The summed E-state index contributed by atoms with van der Waals surface area (Å²) >= 11 is 0. The van der Waals surface area contributed by atoms with E-state index in [0.717, 1.165) is 36.9 Å². The van der Waals surface area contributed by atoms with Gasteiger partial charge in [0.25, 0.3) is 0 Å². The van der Waals surface area contributed by atoms with Gasteiger partial charge in [-0.2, -0.15) is 0 Å². The van der Waals surface area contributed by atoms with Gasteiger partial charge in [0.05, 0.1) is 0 Å². The van der Waals surface area contributed by atoms with E-state index in [9.17, 15) is 0 Å². The van der Waals surface area contributed by atoms with Crippen molar-refractivity contribution in [3.8, 4) is 0 Å². The van der Waals surface area contributed by atoms with Crippen LogP contribution in [0.5, 0.6) is 0 Å². The zero-order chi connectivity index (χ0) is 13.0. The molecule has 0 spiro atoms. The van der Waals surface area contributed by atoms with E-state index in [1.165, 1.54) is 18.4 Å². The Morgan fingerprint density at radius 1 is 1.28 bits per heavy atom. The van der Waals surface area contributed by atoms with Crippen molar-refractivity contribution in [2.24, 2.45) is 5.92 Å². The fraction of sp³-hybridized carbons (Fsp3) is 0.714. The van der Waals surface area contributed by atoms with Crippen LogP contribution in [0.1, 0.15) is 45.6 Å². The maximum absolute atomic E-state index is 4.41. The highest BCUT2D eigenvalue weighted by Crippen LogP contribution is 2.34. The second-order valence-electron chi connectivity index (χ2n) is 5.10. The average molecular weight is 248 g/mol. The molecule has 1 fully saturated rings. The van der Waals surface area contributed by atoms with Crippen molar-refractivity contribution in [2.75, 3.05) is 17.2 Å². The molecule has 4 heteroatoms. The van der Waals surface area contributed by atoms with Crippen LogP contribution in [-0.4, -0.2) is 22.6 Å². The lowest BCUT2D eigenvalue weighted by Gasteiger charge is -2.18. The van der Waals surface area contributed by atoms with Gasteiger partial charge >= 0.3 is 0 Å². The van der Waals surface area contributed by atoms with Crippen LogP contribution in [0, 0.1) is 5.92 Å². The molecule has 1 aromatic rings. The molecule has 1 heterocycles. The molecule has 1 saturated carbocycles. The molecule has 100 valence electrons. The Bertz CT molecular complexity index is 387. The number of anilines is 2. The molecule has 0 bridgehead atoms. The third kappa shape index (κ3) is 3.12. The van der Waals surface area contributed by atoms with E-state index in [-0.39, 0.29) is 0 Å². The molecule has 2 N–H and O–H groups in total.